The van der Waals surface area contributed by atoms with Gasteiger partial charge in [-0.05, 0) is 56.0 Å². The number of imide groups is 1. The Balaban J connectivity index is 1.39. The number of rotatable bonds is 5. The molecule has 4 rings (SSSR count). The normalized spacial score (nSPS) is 16.2. The Morgan fingerprint density at radius 2 is 1.62 bits per heavy atom. The molecule has 2 aromatic carbocycles. The van der Waals surface area contributed by atoms with Crippen molar-refractivity contribution in [2.75, 3.05) is 29.9 Å². The second-order valence-electron chi connectivity index (χ2n) is 7.65. The van der Waals surface area contributed by atoms with Crippen LogP contribution in [0.4, 0.5) is 11.4 Å². The molecule has 1 N–H and O–H groups in total. The molecule has 2 aromatic rings. The van der Waals surface area contributed by atoms with Crippen molar-refractivity contribution in [3.05, 3.63) is 59.2 Å². The van der Waals surface area contributed by atoms with Gasteiger partial charge in [0.25, 0.3) is 11.8 Å². The number of nitrogens with zero attached hydrogens (tertiary/aromatic N) is 2. The summed E-state index contributed by atoms with van der Waals surface area (Å²) in [7, 11) is 0. The number of amides is 3. The van der Waals surface area contributed by atoms with Gasteiger partial charge in [0, 0.05) is 37.4 Å². The van der Waals surface area contributed by atoms with E-state index in [1.165, 1.54) is 19.3 Å². The first-order chi connectivity index (χ1) is 14.0. The van der Waals surface area contributed by atoms with Crippen LogP contribution in [0.3, 0.4) is 0 Å². The maximum absolute atomic E-state index is 12.5. The molecule has 6 nitrogen and oxygen atoms in total. The highest BCUT2D eigenvalue weighted by Gasteiger charge is 2.34. The molecule has 0 unspecified atom stereocenters. The Morgan fingerprint density at radius 3 is 2.28 bits per heavy atom. The van der Waals surface area contributed by atoms with Crippen molar-refractivity contribution in [3.8, 4) is 0 Å². The number of fused-ring (bicyclic) bond motifs is 1. The van der Waals surface area contributed by atoms with Gasteiger partial charge in [-0.15, -0.1) is 0 Å². The molecule has 1 fully saturated rings. The molecule has 0 aromatic heterocycles. The molecule has 2 heterocycles. The monoisotopic (exact) mass is 391 g/mol. The Kier molecular flexibility index (Phi) is 5.34. The summed E-state index contributed by atoms with van der Waals surface area (Å²) < 4.78 is 0. The van der Waals surface area contributed by atoms with Crippen molar-refractivity contribution in [2.45, 2.75) is 32.6 Å². The fraction of sp³-hybridized carbons (Fsp3) is 0.348. The van der Waals surface area contributed by atoms with Gasteiger partial charge in [0.1, 0.15) is 0 Å². The topological polar surface area (TPSA) is 69.7 Å². The maximum Gasteiger partial charge on any atom is 0.261 e. The van der Waals surface area contributed by atoms with E-state index in [9.17, 15) is 14.4 Å². The second kappa shape index (κ2) is 8.07. The minimum Gasteiger partial charge on any atom is -0.371 e. The third-order valence-corrected chi connectivity index (χ3v) is 5.66. The van der Waals surface area contributed by atoms with Crippen molar-refractivity contribution in [1.29, 1.82) is 0 Å². The lowest BCUT2D eigenvalue weighted by molar-refractivity contribution is -0.116. The molecule has 0 bridgehead atoms. The zero-order valence-electron chi connectivity index (χ0n) is 16.6. The largest absolute Gasteiger partial charge is 0.371 e. The van der Waals surface area contributed by atoms with Crippen LogP contribution in [0, 0.1) is 6.92 Å². The number of carbonyl (C=O) groups is 3. The fourth-order valence-electron chi connectivity index (χ4n) is 3.96. The van der Waals surface area contributed by atoms with E-state index in [-0.39, 0.29) is 30.7 Å². The van der Waals surface area contributed by atoms with Crippen LogP contribution in [0.2, 0.25) is 0 Å². The molecule has 150 valence electrons. The van der Waals surface area contributed by atoms with Crippen molar-refractivity contribution >= 4 is 29.1 Å². The summed E-state index contributed by atoms with van der Waals surface area (Å²) in [6.07, 6.45) is 3.72. The number of anilines is 2. The lowest BCUT2D eigenvalue weighted by Crippen LogP contribution is -2.33. The third kappa shape index (κ3) is 3.88. The van der Waals surface area contributed by atoms with Crippen LogP contribution in [0.1, 0.15) is 52.0 Å². The molecular formula is C23H25N3O3. The Morgan fingerprint density at radius 1 is 0.966 bits per heavy atom. The van der Waals surface area contributed by atoms with Crippen molar-refractivity contribution in [2.24, 2.45) is 0 Å². The summed E-state index contributed by atoms with van der Waals surface area (Å²) >= 11 is 0. The summed E-state index contributed by atoms with van der Waals surface area (Å²) in [6.45, 7) is 4.11. The van der Waals surface area contributed by atoms with Crippen molar-refractivity contribution in [3.63, 3.8) is 0 Å². The van der Waals surface area contributed by atoms with Crippen LogP contribution in [0.5, 0.6) is 0 Å². The van der Waals surface area contributed by atoms with Gasteiger partial charge in [0.15, 0.2) is 0 Å². The van der Waals surface area contributed by atoms with E-state index >= 15 is 0 Å². The molecule has 2 aliphatic rings. The van der Waals surface area contributed by atoms with Gasteiger partial charge < -0.3 is 10.2 Å². The number of nitrogens with one attached hydrogen (secondary N) is 1. The fourth-order valence-corrected chi connectivity index (χ4v) is 3.96. The standard InChI is InChI=1S/C23H25N3O3/c1-16-9-10-17(25-12-5-2-6-13-25)15-20(16)24-21(27)11-14-26-22(28)18-7-3-4-8-19(18)23(26)29/h3-4,7-10,15H,2,5-6,11-14H2,1H3,(H,24,27). The lowest BCUT2D eigenvalue weighted by atomic mass is 10.1. The highest BCUT2D eigenvalue weighted by Crippen LogP contribution is 2.26. The average molecular weight is 391 g/mol. The van der Waals surface area contributed by atoms with Crippen LogP contribution in [-0.2, 0) is 4.79 Å². The lowest BCUT2D eigenvalue weighted by Gasteiger charge is -2.29. The molecule has 0 saturated carbocycles. The molecule has 6 heteroatoms. The highest BCUT2D eigenvalue weighted by molar-refractivity contribution is 6.21. The van der Waals surface area contributed by atoms with E-state index in [1.54, 1.807) is 24.3 Å². The number of aryl methyl sites for hydroxylation is 1. The van der Waals surface area contributed by atoms with E-state index in [0.717, 1.165) is 34.9 Å². The molecule has 29 heavy (non-hydrogen) atoms. The number of hydrogen-bond donors (Lipinski definition) is 1. The van der Waals surface area contributed by atoms with Crippen LogP contribution in [-0.4, -0.2) is 42.3 Å². The summed E-state index contributed by atoms with van der Waals surface area (Å²) in [5.74, 6) is -0.871. The predicted octanol–water partition coefficient (Wildman–Crippen LogP) is 3.61. The number of carbonyl (C=O) groups excluding carboxylic acids is 3. The minimum absolute atomic E-state index is 0.0683. The van der Waals surface area contributed by atoms with Gasteiger partial charge in [-0.2, -0.15) is 0 Å². The molecular weight excluding hydrogens is 366 g/mol. The van der Waals surface area contributed by atoms with E-state index in [4.69, 9.17) is 0 Å². The zero-order chi connectivity index (χ0) is 20.4. The Bertz CT molecular complexity index is 929. The summed E-state index contributed by atoms with van der Waals surface area (Å²) in [4.78, 5) is 40.9. The average Bonchev–Trinajstić information content (AvgIpc) is 2.99. The van der Waals surface area contributed by atoms with E-state index < -0.39 is 0 Å². The number of hydrogen-bond acceptors (Lipinski definition) is 4. The second-order valence-corrected chi connectivity index (χ2v) is 7.65. The third-order valence-electron chi connectivity index (χ3n) is 5.66. The predicted molar refractivity (Wildman–Crippen MR) is 112 cm³/mol. The maximum atomic E-state index is 12.5. The van der Waals surface area contributed by atoms with Crippen LogP contribution in [0.25, 0.3) is 0 Å². The highest BCUT2D eigenvalue weighted by atomic mass is 16.2. The van der Waals surface area contributed by atoms with Crippen molar-refractivity contribution in [1.82, 2.24) is 4.90 Å². The Labute approximate surface area is 170 Å². The first-order valence-electron chi connectivity index (χ1n) is 10.2. The number of piperidine rings is 1. The van der Waals surface area contributed by atoms with Crippen LogP contribution < -0.4 is 10.2 Å². The zero-order valence-corrected chi connectivity index (χ0v) is 16.6. The SMILES string of the molecule is Cc1ccc(N2CCCCC2)cc1NC(=O)CCN1C(=O)c2ccccc2C1=O. The minimum atomic E-state index is -0.332. The van der Waals surface area contributed by atoms with Gasteiger partial charge in [-0.3, -0.25) is 19.3 Å². The van der Waals surface area contributed by atoms with Crippen LogP contribution in [0.15, 0.2) is 42.5 Å². The smallest absolute Gasteiger partial charge is 0.261 e. The molecule has 3 amide bonds. The first kappa shape index (κ1) is 19.2. The first-order valence-corrected chi connectivity index (χ1v) is 10.2. The Hall–Kier alpha value is -3.15. The summed E-state index contributed by atoms with van der Waals surface area (Å²) in [6, 6.07) is 12.9. The molecule has 0 aliphatic carbocycles. The van der Waals surface area contributed by atoms with Gasteiger partial charge in [-0.25, -0.2) is 0 Å². The van der Waals surface area contributed by atoms with Gasteiger partial charge >= 0.3 is 0 Å². The van der Waals surface area contributed by atoms with Gasteiger partial charge in [0.2, 0.25) is 5.91 Å². The van der Waals surface area contributed by atoms with E-state index in [1.807, 2.05) is 19.1 Å². The van der Waals surface area contributed by atoms with Crippen molar-refractivity contribution < 1.29 is 14.4 Å². The van der Waals surface area contributed by atoms with Crippen LogP contribution >= 0.6 is 0 Å². The molecule has 1 saturated heterocycles. The molecule has 0 atom stereocenters. The summed E-state index contributed by atoms with van der Waals surface area (Å²) in [5, 5.41) is 2.95. The number of benzene rings is 2. The van der Waals surface area contributed by atoms with Gasteiger partial charge in [-0.1, -0.05) is 18.2 Å². The molecule has 0 spiro atoms. The molecule has 2 aliphatic heterocycles. The quantitative estimate of drug-likeness (QED) is 0.791. The van der Waals surface area contributed by atoms with E-state index in [0.29, 0.717) is 11.1 Å². The molecule has 0 radical (unpaired) electrons. The van der Waals surface area contributed by atoms with E-state index in [2.05, 4.69) is 16.3 Å². The van der Waals surface area contributed by atoms with Gasteiger partial charge in [0.05, 0.1) is 11.1 Å². The summed E-state index contributed by atoms with van der Waals surface area (Å²) in [5.41, 5.74) is 3.69.